The van der Waals surface area contributed by atoms with Crippen molar-refractivity contribution in [2.24, 2.45) is 7.05 Å². The number of hydrogen-bond donors (Lipinski definition) is 0. The predicted molar refractivity (Wildman–Crippen MR) is 51.7 cm³/mol. The molecule has 0 aliphatic heterocycles. The van der Waals surface area contributed by atoms with E-state index in [4.69, 9.17) is 4.74 Å². The first-order chi connectivity index (χ1) is 6.31. The van der Waals surface area contributed by atoms with Crippen LogP contribution in [-0.2, 0) is 7.05 Å². The van der Waals surface area contributed by atoms with Gasteiger partial charge in [-0.3, -0.25) is 0 Å². The van der Waals surface area contributed by atoms with Gasteiger partial charge in [0.25, 0.3) is 0 Å². The number of ether oxygens (including phenoxy) is 1. The van der Waals surface area contributed by atoms with Crippen LogP contribution >= 0.6 is 0 Å². The molecule has 1 aromatic heterocycles. The Morgan fingerprint density at radius 1 is 1.21 bits per heavy atom. The van der Waals surface area contributed by atoms with E-state index in [0.717, 1.165) is 5.75 Å². The molecular formula is C11H12INO. The minimum atomic E-state index is 0. The van der Waals surface area contributed by atoms with E-state index in [1.54, 1.807) is 7.11 Å². The maximum atomic E-state index is 5.16. The number of hydrogen-bond acceptors (Lipinski definition) is 1. The largest absolute Gasteiger partial charge is 1.00 e. The Balaban J connectivity index is 0.000000980. The molecule has 1 heterocycles. The van der Waals surface area contributed by atoms with Gasteiger partial charge in [-0.15, -0.1) is 0 Å². The summed E-state index contributed by atoms with van der Waals surface area (Å²) in [5.74, 6) is 0.898. The van der Waals surface area contributed by atoms with Gasteiger partial charge in [0.15, 0.2) is 6.20 Å². The molecule has 2 aromatic rings. The molecule has 0 atom stereocenters. The number of pyridine rings is 1. The molecule has 0 saturated heterocycles. The third kappa shape index (κ3) is 1.97. The van der Waals surface area contributed by atoms with Crippen molar-refractivity contribution >= 4 is 10.9 Å². The molecule has 0 aliphatic carbocycles. The molecule has 0 spiro atoms. The zero-order valence-electron chi connectivity index (χ0n) is 8.20. The zero-order valence-corrected chi connectivity index (χ0v) is 10.4. The van der Waals surface area contributed by atoms with Gasteiger partial charge in [0.1, 0.15) is 12.8 Å². The van der Waals surface area contributed by atoms with Crippen molar-refractivity contribution < 1.29 is 33.3 Å². The molecule has 0 N–H and O–H groups in total. The summed E-state index contributed by atoms with van der Waals surface area (Å²) in [5, 5.41) is 1.23. The summed E-state index contributed by atoms with van der Waals surface area (Å²) in [4.78, 5) is 0. The van der Waals surface area contributed by atoms with Crippen LogP contribution in [0, 0.1) is 0 Å². The van der Waals surface area contributed by atoms with E-state index < -0.39 is 0 Å². The fourth-order valence-electron chi connectivity index (χ4n) is 1.45. The van der Waals surface area contributed by atoms with Crippen molar-refractivity contribution in [1.82, 2.24) is 0 Å². The maximum absolute atomic E-state index is 5.16. The maximum Gasteiger partial charge on any atom is 0.215 e. The average molecular weight is 301 g/mol. The minimum absolute atomic E-state index is 0. The van der Waals surface area contributed by atoms with Crippen LogP contribution in [0.25, 0.3) is 10.9 Å². The molecule has 2 nitrogen and oxygen atoms in total. The van der Waals surface area contributed by atoms with E-state index in [1.807, 2.05) is 31.4 Å². The van der Waals surface area contributed by atoms with Gasteiger partial charge >= 0.3 is 0 Å². The molecule has 0 bridgehead atoms. The van der Waals surface area contributed by atoms with E-state index in [9.17, 15) is 0 Å². The summed E-state index contributed by atoms with van der Waals surface area (Å²) < 4.78 is 7.25. The molecule has 1 aromatic carbocycles. The molecular weight excluding hydrogens is 289 g/mol. The molecule has 0 saturated carbocycles. The highest BCUT2D eigenvalue weighted by molar-refractivity contribution is 5.76. The second-order valence-electron chi connectivity index (χ2n) is 3.04. The second-order valence-corrected chi connectivity index (χ2v) is 3.04. The van der Waals surface area contributed by atoms with Crippen LogP contribution in [0.2, 0.25) is 0 Å². The SMILES string of the molecule is COc1ccc2ccc[n+](C)c2c1.[I-]. The zero-order chi connectivity index (χ0) is 9.26. The Kier molecular flexibility index (Phi) is 3.69. The lowest BCUT2D eigenvalue weighted by atomic mass is 10.2. The summed E-state index contributed by atoms with van der Waals surface area (Å²) in [6, 6.07) is 10.2. The predicted octanol–water partition coefficient (Wildman–Crippen LogP) is -1.32. The number of aromatic nitrogens is 1. The second kappa shape index (κ2) is 4.59. The fraction of sp³-hybridized carbons (Fsp3) is 0.182. The average Bonchev–Trinajstić information content (AvgIpc) is 2.18. The lowest BCUT2D eigenvalue weighted by Crippen LogP contribution is -3.00. The highest BCUT2D eigenvalue weighted by atomic mass is 127. The summed E-state index contributed by atoms with van der Waals surface area (Å²) in [6.07, 6.45) is 2.03. The molecule has 74 valence electrons. The van der Waals surface area contributed by atoms with Gasteiger partial charge in [-0.1, -0.05) is 0 Å². The lowest BCUT2D eigenvalue weighted by molar-refractivity contribution is -0.644. The summed E-state index contributed by atoms with van der Waals surface area (Å²) in [6.45, 7) is 0. The number of benzene rings is 1. The van der Waals surface area contributed by atoms with Crippen molar-refractivity contribution in [2.75, 3.05) is 7.11 Å². The van der Waals surface area contributed by atoms with Crippen LogP contribution in [0.4, 0.5) is 0 Å². The molecule has 3 heteroatoms. The van der Waals surface area contributed by atoms with Crippen molar-refractivity contribution in [2.45, 2.75) is 0 Å². The molecule has 14 heavy (non-hydrogen) atoms. The van der Waals surface area contributed by atoms with Crippen LogP contribution in [0.3, 0.4) is 0 Å². The first-order valence-corrected chi connectivity index (χ1v) is 4.23. The number of rotatable bonds is 1. The Morgan fingerprint density at radius 2 is 2.00 bits per heavy atom. The number of halogens is 1. The first kappa shape index (κ1) is 11.2. The molecule has 0 fully saturated rings. The van der Waals surface area contributed by atoms with Gasteiger partial charge < -0.3 is 28.7 Å². The van der Waals surface area contributed by atoms with Crippen molar-refractivity contribution in [1.29, 1.82) is 0 Å². The van der Waals surface area contributed by atoms with E-state index in [2.05, 4.69) is 16.7 Å². The summed E-state index contributed by atoms with van der Waals surface area (Å²) >= 11 is 0. The van der Waals surface area contributed by atoms with Gasteiger partial charge in [-0.25, -0.2) is 4.57 Å². The summed E-state index contributed by atoms with van der Waals surface area (Å²) in [7, 11) is 3.71. The van der Waals surface area contributed by atoms with Crippen LogP contribution in [0.15, 0.2) is 36.5 Å². The van der Waals surface area contributed by atoms with E-state index >= 15 is 0 Å². The van der Waals surface area contributed by atoms with Gasteiger partial charge in [-0.2, -0.15) is 0 Å². The standard InChI is InChI=1S/C11H12NO.HI/c1-12-7-3-4-9-5-6-10(13-2)8-11(9)12;/h3-8H,1-2H3;1H/q+1;/p-1. The molecule has 0 radical (unpaired) electrons. The van der Waals surface area contributed by atoms with Gasteiger partial charge in [0.05, 0.1) is 13.2 Å². The monoisotopic (exact) mass is 301 g/mol. The third-order valence-corrected chi connectivity index (χ3v) is 2.20. The van der Waals surface area contributed by atoms with E-state index in [-0.39, 0.29) is 24.0 Å². The highest BCUT2D eigenvalue weighted by Gasteiger charge is 2.04. The Morgan fingerprint density at radius 3 is 2.71 bits per heavy atom. The van der Waals surface area contributed by atoms with Crippen LogP contribution in [0.1, 0.15) is 0 Å². The van der Waals surface area contributed by atoms with E-state index in [1.165, 1.54) is 10.9 Å². The topological polar surface area (TPSA) is 13.1 Å². The fourth-order valence-corrected chi connectivity index (χ4v) is 1.45. The van der Waals surface area contributed by atoms with Gasteiger partial charge in [0.2, 0.25) is 5.52 Å². The van der Waals surface area contributed by atoms with Crippen LogP contribution in [-0.4, -0.2) is 7.11 Å². The smallest absolute Gasteiger partial charge is 0.215 e. The third-order valence-electron chi connectivity index (χ3n) is 2.20. The number of nitrogens with zero attached hydrogens (tertiary/aromatic N) is 1. The van der Waals surface area contributed by atoms with Crippen molar-refractivity contribution in [3.8, 4) is 5.75 Å². The van der Waals surface area contributed by atoms with Gasteiger partial charge in [0, 0.05) is 11.5 Å². The molecule has 0 aliphatic rings. The summed E-state index contributed by atoms with van der Waals surface area (Å²) in [5.41, 5.74) is 1.18. The van der Waals surface area contributed by atoms with Crippen molar-refractivity contribution in [3.05, 3.63) is 36.5 Å². The molecule has 0 amide bonds. The normalized spacial score (nSPS) is 9.57. The quantitative estimate of drug-likeness (QED) is 0.470. The first-order valence-electron chi connectivity index (χ1n) is 4.23. The highest BCUT2D eigenvalue weighted by Crippen LogP contribution is 2.16. The van der Waals surface area contributed by atoms with E-state index in [0.29, 0.717) is 0 Å². The lowest BCUT2D eigenvalue weighted by Gasteiger charge is -2.00. The van der Waals surface area contributed by atoms with Gasteiger partial charge in [-0.05, 0) is 18.2 Å². The molecule has 0 unspecified atom stereocenters. The molecule has 2 rings (SSSR count). The number of aryl methyl sites for hydroxylation is 1. The number of fused-ring (bicyclic) bond motifs is 1. The Bertz CT molecular complexity index is 442. The van der Waals surface area contributed by atoms with Crippen LogP contribution in [0.5, 0.6) is 5.75 Å². The van der Waals surface area contributed by atoms with Crippen LogP contribution < -0.4 is 33.3 Å². The number of methoxy groups -OCH3 is 1. The Hall–Kier alpha value is -0.840. The van der Waals surface area contributed by atoms with Crippen molar-refractivity contribution in [3.63, 3.8) is 0 Å². The Labute approximate surface area is 101 Å². The minimum Gasteiger partial charge on any atom is -1.00 e.